The summed E-state index contributed by atoms with van der Waals surface area (Å²) >= 11 is 0. The van der Waals surface area contributed by atoms with Crippen LogP contribution in [0, 0.1) is 5.92 Å². The maximum atomic E-state index is 3.89. The van der Waals surface area contributed by atoms with Gasteiger partial charge in [-0.3, -0.25) is 0 Å². The van der Waals surface area contributed by atoms with Crippen LogP contribution in [0.2, 0.25) is 0 Å². The Kier molecular flexibility index (Phi) is 3.85. The molecule has 0 radical (unpaired) electrons. The van der Waals surface area contributed by atoms with Gasteiger partial charge in [-0.15, -0.1) is 0 Å². The maximum Gasteiger partial charge on any atom is 0.00278 e. The van der Waals surface area contributed by atoms with E-state index in [9.17, 15) is 0 Å². The van der Waals surface area contributed by atoms with Crippen molar-refractivity contribution in [2.45, 2.75) is 20.8 Å². The van der Waals surface area contributed by atoms with Crippen molar-refractivity contribution in [1.82, 2.24) is 5.32 Å². The quantitative estimate of drug-likeness (QED) is 0.592. The fourth-order valence-corrected chi connectivity index (χ4v) is 0.938. The molecule has 1 N–H and O–H groups in total. The van der Waals surface area contributed by atoms with Crippen molar-refractivity contribution in [2.24, 2.45) is 5.92 Å². The van der Waals surface area contributed by atoms with E-state index in [1.165, 1.54) is 5.57 Å². The van der Waals surface area contributed by atoms with Crippen molar-refractivity contribution in [2.75, 3.05) is 7.05 Å². The number of hydrogen-bond acceptors (Lipinski definition) is 1. The van der Waals surface area contributed by atoms with Gasteiger partial charge in [0.1, 0.15) is 0 Å². The summed E-state index contributed by atoms with van der Waals surface area (Å²) in [6.45, 7) is 10.2. The van der Waals surface area contributed by atoms with Crippen LogP contribution in [0.4, 0.5) is 0 Å². The summed E-state index contributed by atoms with van der Waals surface area (Å²) in [7, 11) is 1.91. The number of rotatable bonds is 3. The lowest BCUT2D eigenvalue weighted by atomic mass is 9.99. The Balaban J connectivity index is 4.27. The van der Waals surface area contributed by atoms with E-state index < -0.39 is 0 Å². The van der Waals surface area contributed by atoms with E-state index in [1.807, 2.05) is 20.2 Å². The molecule has 0 atom stereocenters. The minimum absolute atomic E-state index is 0.560. The molecule has 0 amide bonds. The van der Waals surface area contributed by atoms with Crippen molar-refractivity contribution in [3.8, 4) is 0 Å². The van der Waals surface area contributed by atoms with Gasteiger partial charge in [0, 0.05) is 7.05 Å². The zero-order chi connectivity index (χ0) is 8.15. The molecule has 0 fully saturated rings. The first kappa shape index (κ1) is 9.28. The molecule has 0 heterocycles. The highest BCUT2D eigenvalue weighted by atomic mass is 14.8. The van der Waals surface area contributed by atoms with Crippen LogP contribution in [0.3, 0.4) is 0 Å². The van der Waals surface area contributed by atoms with Crippen molar-refractivity contribution >= 4 is 0 Å². The molecule has 0 aromatic rings. The average Bonchev–Trinajstić information content (AvgIpc) is 1.81. The first-order chi connectivity index (χ1) is 4.59. The van der Waals surface area contributed by atoms with Crippen molar-refractivity contribution in [3.05, 3.63) is 23.9 Å². The minimum atomic E-state index is 0.560. The van der Waals surface area contributed by atoms with E-state index in [0.717, 1.165) is 5.57 Å². The van der Waals surface area contributed by atoms with E-state index in [-0.39, 0.29) is 0 Å². The predicted octanol–water partition coefficient (Wildman–Crippen LogP) is 2.32. The standard InChI is InChI=1S/C9H17N/c1-7(2)9(6-10-5)8(3)4/h6,8,10H,1H2,2-5H3/b9-6+. The fourth-order valence-electron chi connectivity index (χ4n) is 0.938. The molecule has 0 bridgehead atoms. The molecule has 0 unspecified atom stereocenters. The van der Waals surface area contributed by atoms with Gasteiger partial charge in [0.2, 0.25) is 0 Å². The number of nitrogens with one attached hydrogen (secondary N) is 1. The van der Waals surface area contributed by atoms with Gasteiger partial charge in [-0.2, -0.15) is 0 Å². The van der Waals surface area contributed by atoms with Crippen molar-refractivity contribution in [3.63, 3.8) is 0 Å². The van der Waals surface area contributed by atoms with Crippen LogP contribution in [0.15, 0.2) is 23.9 Å². The minimum Gasteiger partial charge on any atom is -0.394 e. The summed E-state index contributed by atoms with van der Waals surface area (Å²) in [4.78, 5) is 0. The third-order valence-electron chi connectivity index (χ3n) is 1.41. The summed E-state index contributed by atoms with van der Waals surface area (Å²) in [5.41, 5.74) is 2.44. The summed E-state index contributed by atoms with van der Waals surface area (Å²) in [5.74, 6) is 0.560. The van der Waals surface area contributed by atoms with Crippen molar-refractivity contribution in [1.29, 1.82) is 0 Å². The second-order valence-corrected chi connectivity index (χ2v) is 2.82. The number of hydrogen-bond donors (Lipinski definition) is 1. The molecule has 58 valence electrons. The average molecular weight is 139 g/mol. The van der Waals surface area contributed by atoms with Gasteiger partial charge in [0.05, 0.1) is 0 Å². The first-order valence-corrected chi connectivity index (χ1v) is 3.62. The Morgan fingerprint density at radius 2 is 2.00 bits per heavy atom. The molecule has 1 heteroatoms. The fraction of sp³-hybridized carbons (Fsp3) is 0.556. The molecule has 0 saturated heterocycles. The van der Waals surface area contributed by atoms with Crippen LogP contribution < -0.4 is 5.32 Å². The lowest BCUT2D eigenvalue weighted by Crippen LogP contribution is -2.02. The lowest BCUT2D eigenvalue weighted by molar-refractivity contribution is 0.767. The zero-order valence-electron chi connectivity index (χ0n) is 7.36. The molecule has 0 spiro atoms. The molecule has 0 saturated carbocycles. The smallest absolute Gasteiger partial charge is 0.00278 e. The second kappa shape index (κ2) is 4.15. The van der Waals surface area contributed by atoms with E-state index >= 15 is 0 Å². The van der Waals surface area contributed by atoms with E-state index in [0.29, 0.717) is 5.92 Å². The maximum absolute atomic E-state index is 3.89. The van der Waals surface area contributed by atoms with E-state index in [4.69, 9.17) is 0 Å². The van der Waals surface area contributed by atoms with Gasteiger partial charge < -0.3 is 5.32 Å². The molecule has 10 heavy (non-hydrogen) atoms. The third kappa shape index (κ3) is 2.72. The van der Waals surface area contributed by atoms with Crippen LogP contribution in [0.5, 0.6) is 0 Å². The zero-order valence-corrected chi connectivity index (χ0v) is 7.36. The Hall–Kier alpha value is -0.720. The largest absolute Gasteiger partial charge is 0.394 e. The van der Waals surface area contributed by atoms with Gasteiger partial charge in [-0.1, -0.05) is 26.0 Å². The summed E-state index contributed by atoms with van der Waals surface area (Å²) < 4.78 is 0. The monoisotopic (exact) mass is 139 g/mol. The molecule has 0 rings (SSSR count). The SMILES string of the molecule is C=C(C)/C(=C\NC)C(C)C. The molecule has 0 aliphatic carbocycles. The molecule has 0 aromatic carbocycles. The normalized spacial score (nSPS) is 11.9. The predicted molar refractivity (Wildman–Crippen MR) is 46.8 cm³/mol. The van der Waals surface area contributed by atoms with Crippen molar-refractivity contribution < 1.29 is 0 Å². The molecule has 0 aliphatic rings. The molecule has 0 aliphatic heterocycles. The number of allylic oxidation sites excluding steroid dienone is 2. The van der Waals surface area contributed by atoms with Crippen LogP contribution in [0.25, 0.3) is 0 Å². The second-order valence-electron chi connectivity index (χ2n) is 2.82. The molecule has 1 nitrogen and oxygen atoms in total. The Bertz CT molecular complexity index is 143. The third-order valence-corrected chi connectivity index (χ3v) is 1.41. The highest BCUT2D eigenvalue weighted by Crippen LogP contribution is 2.15. The summed E-state index contributed by atoms with van der Waals surface area (Å²) in [6.07, 6.45) is 2.01. The van der Waals surface area contributed by atoms with Crippen LogP contribution in [-0.4, -0.2) is 7.05 Å². The van der Waals surface area contributed by atoms with Crippen LogP contribution in [0.1, 0.15) is 20.8 Å². The topological polar surface area (TPSA) is 12.0 Å². The van der Waals surface area contributed by atoms with Gasteiger partial charge in [-0.25, -0.2) is 0 Å². The van der Waals surface area contributed by atoms with Crippen LogP contribution in [-0.2, 0) is 0 Å². The van der Waals surface area contributed by atoms with E-state index in [2.05, 4.69) is 25.7 Å². The molecular formula is C9H17N. The highest BCUT2D eigenvalue weighted by Gasteiger charge is 2.01. The summed E-state index contributed by atoms with van der Waals surface area (Å²) in [6, 6.07) is 0. The van der Waals surface area contributed by atoms with Gasteiger partial charge in [0.15, 0.2) is 0 Å². The lowest BCUT2D eigenvalue weighted by Gasteiger charge is -2.10. The first-order valence-electron chi connectivity index (χ1n) is 3.62. The Morgan fingerprint density at radius 3 is 2.10 bits per heavy atom. The molecule has 0 aromatic heterocycles. The van der Waals surface area contributed by atoms with Gasteiger partial charge in [0.25, 0.3) is 0 Å². The Morgan fingerprint density at radius 1 is 1.50 bits per heavy atom. The highest BCUT2D eigenvalue weighted by molar-refractivity contribution is 5.26. The summed E-state index contributed by atoms with van der Waals surface area (Å²) in [5, 5.41) is 3.01. The van der Waals surface area contributed by atoms with Gasteiger partial charge in [-0.05, 0) is 24.6 Å². The van der Waals surface area contributed by atoms with Gasteiger partial charge >= 0.3 is 0 Å². The van der Waals surface area contributed by atoms with E-state index in [1.54, 1.807) is 0 Å². The molecular weight excluding hydrogens is 122 g/mol. The Labute approximate surface area is 63.8 Å². The van der Waals surface area contributed by atoms with Crippen LogP contribution >= 0.6 is 0 Å².